The van der Waals surface area contributed by atoms with Gasteiger partial charge in [-0.25, -0.2) is 8.42 Å². The molecule has 1 aromatic carbocycles. The quantitative estimate of drug-likeness (QED) is 0.802. The predicted molar refractivity (Wildman–Crippen MR) is 105 cm³/mol. The molecule has 0 aromatic heterocycles. The first-order valence-corrected chi connectivity index (χ1v) is 11.4. The number of hydrogen-bond acceptors (Lipinski definition) is 4. The SMILES string of the molecule is COc1ccc(S(=O)(=O)N2CCC[C@@H](C(=O)NC3CCCCC3)C2)cc1Cl. The average molecular weight is 415 g/mol. The van der Waals surface area contributed by atoms with Crippen LogP contribution in [-0.2, 0) is 14.8 Å². The summed E-state index contributed by atoms with van der Waals surface area (Å²) in [6.45, 7) is 0.629. The summed E-state index contributed by atoms with van der Waals surface area (Å²) in [6, 6.07) is 4.68. The normalized spacial score (nSPS) is 22.4. The number of methoxy groups -OCH3 is 1. The monoisotopic (exact) mass is 414 g/mol. The fourth-order valence-electron chi connectivity index (χ4n) is 3.90. The van der Waals surface area contributed by atoms with Crippen LogP contribution in [-0.4, -0.2) is 44.9 Å². The molecule has 6 nitrogen and oxygen atoms in total. The summed E-state index contributed by atoms with van der Waals surface area (Å²) in [5.41, 5.74) is 0. The third kappa shape index (κ3) is 4.76. The molecule has 0 radical (unpaired) electrons. The minimum absolute atomic E-state index is 0.0189. The Labute approximate surface area is 166 Å². The summed E-state index contributed by atoms with van der Waals surface area (Å²) in [5, 5.41) is 3.38. The van der Waals surface area contributed by atoms with E-state index in [-0.39, 0.29) is 34.3 Å². The van der Waals surface area contributed by atoms with Gasteiger partial charge in [0, 0.05) is 19.1 Å². The molecule has 2 aliphatic rings. The number of rotatable bonds is 5. The highest BCUT2D eigenvalue weighted by molar-refractivity contribution is 7.89. The molecular formula is C19H27ClN2O4S. The number of piperidine rings is 1. The fraction of sp³-hybridized carbons (Fsp3) is 0.632. The Morgan fingerprint density at radius 2 is 1.93 bits per heavy atom. The molecule has 1 heterocycles. The van der Waals surface area contributed by atoms with Crippen LogP contribution in [0.2, 0.25) is 5.02 Å². The molecule has 1 atom stereocenters. The highest BCUT2D eigenvalue weighted by Crippen LogP contribution is 2.30. The van der Waals surface area contributed by atoms with Gasteiger partial charge in [0.1, 0.15) is 5.75 Å². The molecule has 0 bridgehead atoms. The minimum atomic E-state index is -3.70. The lowest BCUT2D eigenvalue weighted by molar-refractivity contribution is -0.127. The van der Waals surface area contributed by atoms with Gasteiger partial charge in [0.15, 0.2) is 0 Å². The predicted octanol–water partition coefficient (Wildman–Crippen LogP) is 3.20. The van der Waals surface area contributed by atoms with Gasteiger partial charge in [-0.3, -0.25) is 4.79 Å². The molecule has 1 aromatic rings. The Hall–Kier alpha value is -1.31. The number of sulfonamides is 1. The summed E-state index contributed by atoms with van der Waals surface area (Å²) in [7, 11) is -2.21. The van der Waals surface area contributed by atoms with E-state index in [1.165, 1.54) is 30.0 Å². The van der Waals surface area contributed by atoms with Crippen LogP contribution in [0.3, 0.4) is 0 Å². The summed E-state index contributed by atoms with van der Waals surface area (Å²) in [5.74, 6) is 0.109. The van der Waals surface area contributed by atoms with E-state index in [0.29, 0.717) is 25.1 Å². The molecule has 1 aliphatic carbocycles. The maximum absolute atomic E-state index is 13.0. The van der Waals surface area contributed by atoms with Crippen molar-refractivity contribution in [3.63, 3.8) is 0 Å². The molecule has 1 saturated carbocycles. The zero-order chi connectivity index (χ0) is 19.4. The van der Waals surface area contributed by atoms with Crippen LogP contribution in [0.5, 0.6) is 5.75 Å². The van der Waals surface area contributed by atoms with E-state index in [1.807, 2.05) is 0 Å². The standard InChI is InChI=1S/C19H27ClN2O4S/c1-26-18-10-9-16(12-17(18)20)27(24,25)22-11-5-6-14(13-22)19(23)21-15-7-3-2-4-8-15/h9-10,12,14-15H,2-8,11,13H2,1H3,(H,21,23)/t14-/m1/s1. The van der Waals surface area contributed by atoms with Crippen molar-refractivity contribution in [3.05, 3.63) is 23.2 Å². The summed E-state index contributed by atoms with van der Waals surface area (Å²) in [4.78, 5) is 12.8. The van der Waals surface area contributed by atoms with Crippen LogP contribution in [0.1, 0.15) is 44.9 Å². The van der Waals surface area contributed by atoms with Gasteiger partial charge in [-0.2, -0.15) is 4.31 Å². The molecule has 1 saturated heterocycles. The number of carbonyl (C=O) groups is 1. The third-order valence-electron chi connectivity index (χ3n) is 5.47. The lowest BCUT2D eigenvalue weighted by Gasteiger charge is -2.32. The van der Waals surface area contributed by atoms with Gasteiger partial charge >= 0.3 is 0 Å². The molecule has 150 valence electrons. The maximum atomic E-state index is 13.0. The number of ether oxygens (including phenoxy) is 1. The fourth-order valence-corrected chi connectivity index (χ4v) is 5.77. The van der Waals surface area contributed by atoms with Gasteiger partial charge in [0.25, 0.3) is 0 Å². The number of halogens is 1. The van der Waals surface area contributed by atoms with Gasteiger partial charge < -0.3 is 10.1 Å². The van der Waals surface area contributed by atoms with Crippen LogP contribution in [0.15, 0.2) is 23.1 Å². The van der Waals surface area contributed by atoms with E-state index in [1.54, 1.807) is 6.07 Å². The van der Waals surface area contributed by atoms with Gasteiger partial charge in [0.05, 0.1) is 22.9 Å². The molecule has 0 spiro atoms. The average Bonchev–Trinajstić information content (AvgIpc) is 2.68. The van der Waals surface area contributed by atoms with Crippen LogP contribution < -0.4 is 10.1 Å². The summed E-state index contributed by atoms with van der Waals surface area (Å²) in [6.07, 6.45) is 6.95. The third-order valence-corrected chi connectivity index (χ3v) is 7.62. The summed E-state index contributed by atoms with van der Waals surface area (Å²) < 4.78 is 32.5. The van der Waals surface area contributed by atoms with Crippen molar-refractivity contribution in [3.8, 4) is 5.75 Å². The van der Waals surface area contributed by atoms with Crippen molar-refractivity contribution in [2.75, 3.05) is 20.2 Å². The zero-order valence-electron chi connectivity index (χ0n) is 15.6. The maximum Gasteiger partial charge on any atom is 0.243 e. The van der Waals surface area contributed by atoms with E-state index < -0.39 is 10.0 Å². The molecule has 8 heteroatoms. The first kappa shape index (κ1) is 20.4. The highest BCUT2D eigenvalue weighted by Gasteiger charge is 2.34. The number of benzene rings is 1. The van der Waals surface area contributed by atoms with Gasteiger partial charge in [-0.15, -0.1) is 0 Å². The first-order valence-electron chi connectivity index (χ1n) is 9.56. The van der Waals surface area contributed by atoms with Gasteiger partial charge in [-0.1, -0.05) is 30.9 Å². The molecular weight excluding hydrogens is 388 g/mol. The summed E-state index contributed by atoms with van der Waals surface area (Å²) >= 11 is 6.09. The van der Waals surface area contributed by atoms with Crippen molar-refractivity contribution < 1.29 is 17.9 Å². The van der Waals surface area contributed by atoms with E-state index in [4.69, 9.17) is 16.3 Å². The van der Waals surface area contributed by atoms with E-state index in [2.05, 4.69) is 5.32 Å². The van der Waals surface area contributed by atoms with E-state index >= 15 is 0 Å². The van der Waals surface area contributed by atoms with Crippen LogP contribution >= 0.6 is 11.6 Å². The first-order chi connectivity index (χ1) is 12.9. The second-order valence-electron chi connectivity index (χ2n) is 7.34. The Morgan fingerprint density at radius 3 is 2.59 bits per heavy atom. The van der Waals surface area contributed by atoms with Crippen molar-refractivity contribution >= 4 is 27.5 Å². The van der Waals surface area contributed by atoms with Crippen molar-refractivity contribution in [2.24, 2.45) is 5.92 Å². The molecule has 2 fully saturated rings. The molecule has 1 aliphatic heterocycles. The number of carbonyl (C=O) groups excluding carboxylic acids is 1. The highest BCUT2D eigenvalue weighted by atomic mass is 35.5. The second-order valence-corrected chi connectivity index (χ2v) is 9.69. The van der Waals surface area contributed by atoms with Crippen LogP contribution in [0, 0.1) is 5.92 Å². The lowest BCUT2D eigenvalue weighted by Crippen LogP contribution is -2.47. The Kier molecular flexibility index (Phi) is 6.65. The Bertz CT molecular complexity index is 778. The number of nitrogens with zero attached hydrogens (tertiary/aromatic N) is 1. The Morgan fingerprint density at radius 1 is 1.19 bits per heavy atom. The lowest BCUT2D eigenvalue weighted by atomic mass is 9.93. The van der Waals surface area contributed by atoms with E-state index in [0.717, 1.165) is 25.7 Å². The van der Waals surface area contributed by atoms with Crippen molar-refractivity contribution in [1.82, 2.24) is 9.62 Å². The second kappa shape index (κ2) is 8.80. The topological polar surface area (TPSA) is 75.7 Å². The molecule has 27 heavy (non-hydrogen) atoms. The van der Waals surface area contributed by atoms with Gasteiger partial charge in [0.2, 0.25) is 15.9 Å². The Balaban J connectivity index is 1.69. The smallest absolute Gasteiger partial charge is 0.243 e. The molecule has 3 rings (SSSR count). The number of nitrogens with one attached hydrogen (secondary N) is 1. The van der Waals surface area contributed by atoms with Crippen molar-refractivity contribution in [2.45, 2.75) is 55.9 Å². The van der Waals surface area contributed by atoms with Crippen molar-refractivity contribution in [1.29, 1.82) is 0 Å². The van der Waals surface area contributed by atoms with Gasteiger partial charge in [-0.05, 0) is 43.9 Å². The van der Waals surface area contributed by atoms with E-state index in [9.17, 15) is 13.2 Å². The molecule has 0 unspecified atom stereocenters. The molecule has 1 N–H and O–H groups in total. The van der Waals surface area contributed by atoms with Crippen LogP contribution in [0.4, 0.5) is 0 Å². The largest absolute Gasteiger partial charge is 0.495 e. The molecule has 1 amide bonds. The minimum Gasteiger partial charge on any atom is -0.495 e. The number of amides is 1. The van der Waals surface area contributed by atoms with Crippen LogP contribution in [0.25, 0.3) is 0 Å². The zero-order valence-corrected chi connectivity index (χ0v) is 17.2. The number of hydrogen-bond donors (Lipinski definition) is 1.